The van der Waals surface area contributed by atoms with Crippen LogP contribution in [0.2, 0.25) is 0 Å². The highest BCUT2D eigenvalue weighted by Crippen LogP contribution is 2.16. The first-order valence-corrected chi connectivity index (χ1v) is 28.5. The van der Waals surface area contributed by atoms with Crippen molar-refractivity contribution < 1.29 is 24.5 Å². The van der Waals surface area contributed by atoms with Crippen LogP contribution < -0.4 is 5.32 Å². The molecule has 0 aromatic carbocycles. The van der Waals surface area contributed by atoms with Gasteiger partial charge in [0.1, 0.15) is 6.10 Å². The summed E-state index contributed by atoms with van der Waals surface area (Å²) in [6.45, 7) is 6.32. The van der Waals surface area contributed by atoms with E-state index in [0.717, 1.165) is 77.0 Å². The number of rotatable bonds is 50. The number of ether oxygens (including phenoxy) is 1. The van der Waals surface area contributed by atoms with Crippen molar-refractivity contribution in [2.45, 2.75) is 277 Å². The van der Waals surface area contributed by atoms with E-state index in [9.17, 15) is 19.8 Å². The molecule has 0 aromatic heterocycles. The molecule has 0 radical (unpaired) electrons. The number of allylic oxidation sites excluding steroid dienone is 15. The topological polar surface area (TPSA) is 95.9 Å². The number of carbonyl (C=O) groups is 2. The Kier molecular flexibility index (Phi) is 52.1. The summed E-state index contributed by atoms with van der Waals surface area (Å²) in [5, 5.41) is 23.8. The van der Waals surface area contributed by atoms with Gasteiger partial charge in [0.2, 0.25) is 5.91 Å². The first kappa shape index (κ1) is 64.8. The molecule has 0 heterocycles. The molecule has 0 bridgehead atoms. The summed E-state index contributed by atoms with van der Waals surface area (Å²) in [6.07, 6.45) is 73.6. The van der Waals surface area contributed by atoms with Crippen molar-refractivity contribution in [1.29, 1.82) is 0 Å². The van der Waals surface area contributed by atoms with Gasteiger partial charge in [0, 0.05) is 6.42 Å². The third kappa shape index (κ3) is 49.2. The maximum absolute atomic E-state index is 13.2. The maximum Gasteiger partial charge on any atom is 0.306 e. The molecule has 0 aliphatic carbocycles. The molecule has 390 valence electrons. The Morgan fingerprint density at radius 2 is 0.824 bits per heavy atom. The lowest BCUT2D eigenvalue weighted by molar-refractivity contribution is -0.148. The van der Waals surface area contributed by atoms with Crippen LogP contribution in [0, 0.1) is 0 Å². The van der Waals surface area contributed by atoms with Gasteiger partial charge in [-0.2, -0.15) is 0 Å². The summed E-state index contributed by atoms with van der Waals surface area (Å²) in [6, 6.07) is -0.749. The number of esters is 1. The van der Waals surface area contributed by atoms with Gasteiger partial charge >= 0.3 is 5.97 Å². The van der Waals surface area contributed by atoms with E-state index in [2.05, 4.69) is 111 Å². The number of nitrogens with one attached hydrogen (secondary N) is 1. The van der Waals surface area contributed by atoms with Crippen molar-refractivity contribution in [2.75, 3.05) is 6.61 Å². The van der Waals surface area contributed by atoms with Gasteiger partial charge in [-0.25, -0.2) is 0 Å². The predicted molar refractivity (Wildman–Crippen MR) is 296 cm³/mol. The molecule has 0 rings (SSSR count). The predicted octanol–water partition coefficient (Wildman–Crippen LogP) is 17.7. The van der Waals surface area contributed by atoms with E-state index in [0.29, 0.717) is 19.3 Å². The van der Waals surface area contributed by atoms with Crippen LogP contribution in [-0.4, -0.2) is 46.9 Å². The Morgan fingerprint density at radius 1 is 0.456 bits per heavy atom. The van der Waals surface area contributed by atoms with E-state index in [1.54, 1.807) is 6.08 Å². The van der Waals surface area contributed by atoms with Crippen LogP contribution >= 0.6 is 0 Å². The largest absolute Gasteiger partial charge is 0.458 e. The van der Waals surface area contributed by atoms with Gasteiger partial charge in [0.15, 0.2) is 0 Å². The fraction of sp³-hybridized carbons (Fsp3) is 0.710. The minimum absolute atomic E-state index is 0.0529. The molecule has 0 saturated carbocycles. The smallest absolute Gasteiger partial charge is 0.306 e. The normalized spacial score (nSPS) is 13.9. The summed E-state index contributed by atoms with van der Waals surface area (Å²) in [5.41, 5.74) is 0. The molecule has 0 aromatic rings. The molecule has 1 amide bonds. The van der Waals surface area contributed by atoms with Crippen molar-refractivity contribution in [3.8, 4) is 0 Å². The molecule has 6 heteroatoms. The lowest BCUT2D eigenvalue weighted by Crippen LogP contribution is -2.46. The zero-order chi connectivity index (χ0) is 49.5. The first-order chi connectivity index (χ1) is 33.5. The van der Waals surface area contributed by atoms with E-state index < -0.39 is 18.2 Å². The second-order valence-electron chi connectivity index (χ2n) is 19.0. The highest BCUT2D eigenvalue weighted by molar-refractivity contribution is 5.78. The number of hydrogen-bond donors (Lipinski definition) is 3. The van der Waals surface area contributed by atoms with E-state index in [1.807, 2.05) is 6.08 Å². The second-order valence-corrected chi connectivity index (χ2v) is 19.0. The van der Waals surface area contributed by atoms with Crippen LogP contribution in [0.25, 0.3) is 0 Å². The van der Waals surface area contributed by atoms with E-state index in [4.69, 9.17) is 4.74 Å². The lowest BCUT2D eigenvalue weighted by Gasteiger charge is -2.23. The Labute approximate surface area is 420 Å². The van der Waals surface area contributed by atoms with Gasteiger partial charge in [-0.15, -0.1) is 0 Å². The Bertz CT molecular complexity index is 1340. The average molecular weight is 947 g/mol. The van der Waals surface area contributed by atoms with E-state index in [-0.39, 0.29) is 24.9 Å². The number of hydrogen-bond acceptors (Lipinski definition) is 5. The molecule has 3 atom stereocenters. The van der Waals surface area contributed by atoms with Gasteiger partial charge in [-0.1, -0.05) is 253 Å². The summed E-state index contributed by atoms with van der Waals surface area (Å²) >= 11 is 0. The summed E-state index contributed by atoms with van der Waals surface area (Å²) < 4.78 is 5.85. The first-order valence-electron chi connectivity index (χ1n) is 28.5. The van der Waals surface area contributed by atoms with Crippen molar-refractivity contribution in [2.24, 2.45) is 0 Å². The van der Waals surface area contributed by atoms with Gasteiger partial charge in [-0.3, -0.25) is 9.59 Å². The molecule has 0 saturated heterocycles. The summed E-state index contributed by atoms with van der Waals surface area (Å²) in [7, 11) is 0. The number of carbonyl (C=O) groups excluding carboxylic acids is 2. The number of aliphatic hydroxyl groups excluding tert-OH is 2. The third-order valence-electron chi connectivity index (χ3n) is 12.4. The fourth-order valence-corrected chi connectivity index (χ4v) is 8.10. The second kappa shape index (κ2) is 54.7. The lowest BCUT2D eigenvalue weighted by atomic mass is 10.0. The van der Waals surface area contributed by atoms with Crippen molar-refractivity contribution >= 4 is 11.9 Å². The van der Waals surface area contributed by atoms with Crippen LogP contribution in [0.1, 0.15) is 258 Å². The molecule has 68 heavy (non-hydrogen) atoms. The van der Waals surface area contributed by atoms with Gasteiger partial charge in [0.25, 0.3) is 0 Å². The quantitative estimate of drug-likeness (QED) is 0.0321. The van der Waals surface area contributed by atoms with E-state index >= 15 is 0 Å². The van der Waals surface area contributed by atoms with Gasteiger partial charge in [-0.05, 0) is 89.5 Å². The van der Waals surface area contributed by atoms with Crippen LogP contribution in [0.15, 0.2) is 97.2 Å². The maximum atomic E-state index is 13.2. The molecule has 6 nitrogen and oxygen atoms in total. The fourth-order valence-electron chi connectivity index (χ4n) is 8.10. The third-order valence-corrected chi connectivity index (χ3v) is 12.4. The zero-order valence-corrected chi connectivity index (χ0v) is 44.5. The highest BCUT2D eigenvalue weighted by Gasteiger charge is 2.23. The van der Waals surface area contributed by atoms with Crippen LogP contribution in [-0.2, 0) is 14.3 Å². The van der Waals surface area contributed by atoms with Crippen molar-refractivity contribution in [1.82, 2.24) is 5.32 Å². The molecular formula is C62H107NO5. The Morgan fingerprint density at radius 3 is 1.28 bits per heavy atom. The Hall–Kier alpha value is -3.22. The van der Waals surface area contributed by atoms with Crippen molar-refractivity contribution in [3.05, 3.63) is 97.2 Å². The number of amides is 1. The molecule has 0 fully saturated rings. The standard InChI is InChI=1S/C62H107NO5/c1-4-7-10-13-16-19-22-25-27-29-30-32-34-37-40-43-46-49-52-55-62(67)68-58(53-50-47-44-41-38-36-33-31-28-26-23-20-17-14-11-8-5-2)56-61(66)63-59(57-64)60(65)54-51-48-45-42-39-35-24-21-18-15-12-9-6-3/h8,11,16-17,19-20,25-28,33,36,41,44,50,53,58-60,64-65H,4-7,9-10,12-15,18,21-24,29-32,34-35,37-40,42-43,45-49,51-52,54-57H2,1-3H3,(H,63,66)/b11-8-,19-16-,20-17-,27-25-,28-26-,36-33-,44-41-,53-50-. The molecule has 0 aliphatic rings. The molecule has 0 spiro atoms. The van der Waals surface area contributed by atoms with E-state index in [1.165, 1.54) is 135 Å². The summed E-state index contributed by atoms with van der Waals surface area (Å²) in [5.74, 6) is -0.635. The molecule has 0 aliphatic heterocycles. The number of aliphatic hydroxyl groups is 2. The van der Waals surface area contributed by atoms with Crippen molar-refractivity contribution in [3.63, 3.8) is 0 Å². The molecular weight excluding hydrogens is 839 g/mol. The SMILES string of the molecule is CC/C=C\C/C=C\C/C=C\C/C=C\C/C=C\C/C=C\C(CC(=O)NC(CO)C(O)CCCCCCCCCCCCCCC)OC(=O)CCCCCCCCCCC/C=C\C/C=C\CCCCC. The monoisotopic (exact) mass is 946 g/mol. The van der Waals surface area contributed by atoms with Gasteiger partial charge < -0.3 is 20.3 Å². The van der Waals surface area contributed by atoms with Crippen LogP contribution in [0.4, 0.5) is 0 Å². The van der Waals surface area contributed by atoms with Gasteiger partial charge in [0.05, 0.1) is 25.2 Å². The van der Waals surface area contributed by atoms with Crippen LogP contribution in [0.5, 0.6) is 0 Å². The molecule has 3 N–H and O–H groups in total. The molecule has 3 unspecified atom stereocenters. The highest BCUT2D eigenvalue weighted by atomic mass is 16.5. The summed E-state index contributed by atoms with van der Waals surface area (Å²) in [4.78, 5) is 26.2. The zero-order valence-electron chi connectivity index (χ0n) is 44.5. The van der Waals surface area contributed by atoms with Crippen LogP contribution in [0.3, 0.4) is 0 Å². The number of unbranched alkanes of at least 4 members (excludes halogenated alkanes) is 24. The average Bonchev–Trinajstić information content (AvgIpc) is 3.33. The minimum atomic E-state index is -0.826. The Balaban J connectivity index is 4.73. The minimum Gasteiger partial charge on any atom is -0.458 e.